The van der Waals surface area contributed by atoms with E-state index in [1.807, 2.05) is 43.5 Å². The number of hydrogen-bond donors (Lipinski definition) is 1. The van der Waals surface area contributed by atoms with Gasteiger partial charge in [-0.15, -0.1) is 0 Å². The Kier molecular flexibility index (Phi) is 4.39. The molecular weight excluding hydrogens is 326 g/mol. The summed E-state index contributed by atoms with van der Waals surface area (Å²) < 4.78 is 5.27. The van der Waals surface area contributed by atoms with Gasteiger partial charge in [0.15, 0.2) is 0 Å². The van der Waals surface area contributed by atoms with Gasteiger partial charge in [0.05, 0.1) is 24.7 Å². The number of ether oxygens (including phenoxy) is 1. The summed E-state index contributed by atoms with van der Waals surface area (Å²) in [5.74, 6) is 1.53. The predicted octanol–water partition coefficient (Wildman–Crippen LogP) is 3.49. The molecule has 3 aromatic rings. The lowest BCUT2D eigenvalue weighted by atomic mass is 10.1. The predicted molar refractivity (Wildman–Crippen MR) is 102 cm³/mol. The second-order valence-electron chi connectivity index (χ2n) is 6.33. The average molecular weight is 347 g/mol. The number of anilines is 3. The van der Waals surface area contributed by atoms with E-state index in [4.69, 9.17) is 4.74 Å². The van der Waals surface area contributed by atoms with E-state index in [1.54, 1.807) is 13.4 Å². The van der Waals surface area contributed by atoms with Gasteiger partial charge in [-0.3, -0.25) is 0 Å². The Balaban J connectivity index is 1.62. The summed E-state index contributed by atoms with van der Waals surface area (Å²) in [4.78, 5) is 15.7. The fourth-order valence-corrected chi connectivity index (χ4v) is 3.26. The lowest BCUT2D eigenvalue weighted by Gasteiger charge is -2.31. The maximum atomic E-state index is 5.27. The van der Waals surface area contributed by atoms with Crippen molar-refractivity contribution in [2.24, 2.45) is 0 Å². The van der Waals surface area contributed by atoms with Crippen molar-refractivity contribution >= 4 is 17.2 Å². The van der Waals surface area contributed by atoms with Crippen LogP contribution in [0.1, 0.15) is 16.8 Å². The van der Waals surface area contributed by atoms with Crippen LogP contribution in [-0.4, -0.2) is 28.6 Å². The smallest absolute Gasteiger partial charge is 0.216 e. The SMILES string of the molecule is COc1ncc(N2CCc3ncnc(Nc4ccccc4)c3C2)cc1C. The van der Waals surface area contributed by atoms with Crippen LogP contribution in [0.3, 0.4) is 0 Å². The monoisotopic (exact) mass is 347 g/mol. The molecule has 6 nitrogen and oxygen atoms in total. The van der Waals surface area contributed by atoms with Crippen molar-refractivity contribution < 1.29 is 4.74 Å². The number of aromatic nitrogens is 3. The molecule has 0 fully saturated rings. The standard InChI is InChI=1S/C20H21N5O/c1-14-10-16(11-21-20(14)26-2)25-9-8-18-17(12-25)19(23-13-22-18)24-15-6-4-3-5-7-15/h3-7,10-11,13H,8-9,12H2,1-2H3,(H,22,23,24). The Morgan fingerprint density at radius 3 is 2.73 bits per heavy atom. The first-order chi connectivity index (χ1) is 12.7. The minimum absolute atomic E-state index is 0.668. The van der Waals surface area contributed by atoms with Crippen LogP contribution < -0.4 is 15.0 Å². The molecule has 0 atom stereocenters. The molecule has 1 aromatic carbocycles. The van der Waals surface area contributed by atoms with Gasteiger partial charge in [-0.2, -0.15) is 0 Å². The highest BCUT2D eigenvalue weighted by Gasteiger charge is 2.22. The van der Waals surface area contributed by atoms with Crippen molar-refractivity contribution in [3.63, 3.8) is 0 Å². The topological polar surface area (TPSA) is 63.2 Å². The highest BCUT2D eigenvalue weighted by atomic mass is 16.5. The maximum Gasteiger partial charge on any atom is 0.216 e. The van der Waals surface area contributed by atoms with Crippen LogP contribution in [0, 0.1) is 6.92 Å². The molecule has 26 heavy (non-hydrogen) atoms. The first-order valence-electron chi connectivity index (χ1n) is 8.65. The Morgan fingerprint density at radius 2 is 1.96 bits per heavy atom. The zero-order valence-corrected chi connectivity index (χ0v) is 14.9. The van der Waals surface area contributed by atoms with Crippen LogP contribution >= 0.6 is 0 Å². The molecule has 0 unspecified atom stereocenters. The van der Waals surface area contributed by atoms with E-state index in [0.717, 1.165) is 53.5 Å². The first-order valence-corrected chi connectivity index (χ1v) is 8.65. The number of rotatable bonds is 4. The number of methoxy groups -OCH3 is 1. The average Bonchev–Trinajstić information content (AvgIpc) is 2.69. The van der Waals surface area contributed by atoms with Crippen LogP contribution in [0.2, 0.25) is 0 Å². The molecule has 132 valence electrons. The molecule has 4 rings (SSSR count). The summed E-state index contributed by atoms with van der Waals surface area (Å²) in [5, 5.41) is 3.42. The number of nitrogens with one attached hydrogen (secondary N) is 1. The lowest BCUT2D eigenvalue weighted by Crippen LogP contribution is -2.32. The third kappa shape index (κ3) is 3.18. The minimum Gasteiger partial charge on any atom is -0.481 e. The van der Waals surface area contributed by atoms with Crippen molar-refractivity contribution in [3.05, 3.63) is 65.7 Å². The van der Waals surface area contributed by atoms with Gasteiger partial charge in [0.1, 0.15) is 12.1 Å². The molecular formula is C20H21N5O. The van der Waals surface area contributed by atoms with Gasteiger partial charge in [0.2, 0.25) is 5.88 Å². The molecule has 0 radical (unpaired) electrons. The van der Waals surface area contributed by atoms with E-state index >= 15 is 0 Å². The quantitative estimate of drug-likeness (QED) is 0.779. The van der Waals surface area contributed by atoms with Crippen molar-refractivity contribution in [2.45, 2.75) is 19.9 Å². The number of fused-ring (bicyclic) bond motifs is 1. The van der Waals surface area contributed by atoms with Crippen LogP contribution in [0.25, 0.3) is 0 Å². The largest absolute Gasteiger partial charge is 0.481 e. The maximum absolute atomic E-state index is 5.27. The summed E-state index contributed by atoms with van der Waals surface area (Å²) in [5.41, 5.74) is 5.38. The van der Waals surface area contributed by atoms with Crippen LogP contribution in [0.4, 0.5) is 17.2 Å². The van der Waals surface area contributed by atoms with E-state index < -0.39 is 0 Å². The lowest BCUT2D eigenvalue weighted by molar-refractivity contribution is 0.394. The Bertz CT molecular complexity index is 913. The zero-order valence-electron chi connectivity index (χ0n) is 14.9. The molecule has 0 saturated carbocycles. The van der Waals surface area contributed by atoms with Gasteiger partial charge < -0.3 is 15.0 Å². The molecule has 0 aliphatic carbocycles. The number of benzene rings is 1. The molecule has 1 aliphatic heterocycles. The second-order valence-corrected chi connectivity index (χ2v) is 6.33. The molecule has 0 amide bonds. The van der Waals surface area contributed by atoms with E-state index in [2.05, 4.69) is 31.2 Å². The Labute approximate surface area is 152 Å². The number of nitrogens with zero attached hydrogens (tertiary/aromatic N) is 4. The summed E-state index contributed by atoms with van der Waals surface area (Å²) in [6.45, 7) is 3.67. The van der Waals surface area contributed by atoms with Gasteiger partial charge in [-0.25, -0.2) is 15.0 Å². The van der Waals surface area contributed by atoms with Gasteiger partial charge in [-0.1, -0.05) is 18.2 Å². The summed E-state index contributed by atoms with van der Waals surface area (Å²) in [6, 6.07) is 12.2. The van der Waals surface area contributed by atoms with Gasteiger partial charge >= 0.3 is 0 Å². The van der Waals surface area contributed by atoms with E-state index in [1.165, 1.54) is 0 Å². The van der Waals surface area contributed by atoms with Gasteiger partial charge in [0, 0.05) is 36.3 Å². The molecule has 1 N–H and O–H groups in total. The third-order valence-corrected chi connectivity index (χ3v) is 4.61. The van der Waals surface area contributed by atoms with Crippen LogP contribution in [0.5, 0.6) is 5.88 Å². The summed E-state index contributed by atoms with van der Waals surface area (Å²) >= 11 is 0. The Hall–Kier alpha value is -3.15. The van der Waals surface area contributed by atoms with Crippen molar-refractivity contribution in [3.8, 4) is 5.88 Å². The normalized spacial score (nSPS) is 13.2. The third-order valence-electron chi connectivity index (χ3n) is 4.61. The summed E-state index contributed by atoms with van der Waals surface area (Å²) in [6.07, 6.45) is 4.39. The molecule has 6 heteroatoms. The first kappa shape index (κ1) is 16.3. The Morgan fingerprint density at radius 1 is 1.12 bits per heavy atom. The van der Waals surface area contributed by atoms with Gasteiger partial charge in [-0.05, 0) is 25.1 Å². The van der Waals surface area contributed by atoms with Crippen molar-refractivity contribution in [2.75, 3.05) is 23.9 Å². The number of pyridine rings is 1. The fourth-order valence-electron chi connectivity index (χ4n) is 3.26. The molecule has 0 bridgehead atoms. The van der Waals surface area contributed by atoms with E-state index in [-0.39, 0.29) is 0 Å². The summed E-state index contributed by atoms with van der Waals surface area (Å²) in [7, 11) is 1.64. The number of hydrogen-bond acceptors (Lipinski definition) is 6. The number of para-hydroxylation sites is 1. The van der Waals surface area contributed by atoms with E-state index in [0.29, 0.717) is 5.88 Å². The van der Waals surface area contributed by atoms with Gasteiger partial charge in [0.25, 0.3) is 0 Å². The number of aryl methyl sites for hydroxylation is 1. The van der Waals surface area contributed by atoms with Crippen LogP contribution in [-0.2, 0) is 13.0 Å². The zero-order chi connectivity index (χ0) is 17.9. The van der Waals surface area contributed by atoms with Crippen molar-refractivity contribution in [1.82, 2.24) is 15.0 Å². The molecule has 0 saturated heterocycles. The van der Waals surface area contributed by atoms with E-state index in [9.17, 15) is 0 Å². The highest BCUT2D eigenvalue weighted by molar-refractivity contribution is 5.62. The molecule has 3 heterocycles. The molecule has 0 spiro atoms. The fraction of sp³-hybridized carbons (Fsp3) is 0.250. The van der Waals surface area contributed by atoms with Crippen molar-refractivity contribution in [1.29, 1.82) is 0 Å². The molecule has 1 aliphatic rings. The second kappa shape index (κ2) is 7.00. The minimum atomic E-state index is 0.668. The van der Waals surface area contributed by atoms with Crippen LogP contribution in [0.15, 0.2) is 48.9 Å². The highest BCUT2D eigenvalue weighted by Crippen LogP contribution is 2.29. The molecule has 2 aromatic heterocycles.